The molecule has 28 heavy (non-hydrogen) atoms. The van der Waals surface area contributed by atoms with Gasteiger partial charge in [0.05, 0.1) is 7.11 Å². The zero-order chi connectivity index (χ0) is 20.4. The van der Waals surface area contributed by atoms with Gasteiger partial charge in [-0.3, -0.25) is 25.2 Å². The fourth-order valence-corrected chi connectivity index (χ4v) is 2.27. The Morgan fingerprint density at radius 2 is 1.64 bits per heavy atom. The van der Waals surface area contributed by atoms with Crippen LogP contribution in [0, 0.1) is 0 Å². The summed E-state index contributed by atoms with van der Waals surface area (Å²) in [6.45, 7) is 1.92. The lowest BCUT2D eigenvalue weighted by atomic mass is 10.2. The van der Waals surface area contributed by atoms with Gasteiger partial charge in [0.15, 0.2) is 0 Å². The number of rotatable bonds is 7. The van der Waals surface area contributed by atoms with Crippen LogP contribution in [0.4, 0.5) is 5.69 Å². The van der Waals surface area contributed by atoms with Crippen LogP contribution in [-0.4, -0.2) is 24.8 Å². The quantitative estimate of drug-likeness (QED) is 0.507. The number of anilines is 1. The van der Waals surface area contributed by atoms with E-state index in [0.717, 1.165) is 17.7 Å². The Kier molecular flexibility index (Phi) is 7.77. The molecule has 146 valence electrons. The van der Waals surface area contributed by atoms with Crippen LogP contribution in [0.15, 0.2) is 54.6 Å². The van der Waals surface area contributed by atoms with Crippen molar-refractivity contribution in [2.24, 2.45) is 0 Å². The maximum atomic E-state index is 12.1. The minimum atomic E-state index is -0.465. The van der Waals surface area contributed by atoms with Gasteiger partial charge in [0.25, 0.3) is 11.8 Å². The van der Waals surface area contributed by atoms with Crippen LogP contribution < -0.4 is 20.9 Å². The van der Waals surface area contributed by atoms with Crippen LogP contribution in [0.3, 0.4) is 0 Å². The number of benzene rings is 2. The van der Waals surface area contributed by atoms with E-state index in [-0.39, 0.29) is 5.91 Å². The van der Waals surface area contributed by atoms with Gasteiger partial charge < -0.3 is 10.1 Å². The zero-order valence-electron chi connectivity index (χ0n) is 15.8. The maximum Gasteiger partial charge on any atom is 0.269 e. The molecule has 0 fully saturated rings. The predicted octanol–water partition coefficient (Wildman–Crippen LogP) is 2.91. The number of hydrogen-bond donors (Lipinski definition) is 3. The van der Waals surface area contributed by atoms with Crippen molar-refractivity contribution >= 4 is 29.5 Å². The van der Waals surface area contributed by atoms with E-state index in [2.05, 4.69) is 16.2 Å². The second-order valence-corrected chi connectivity index (χ2v) is 5.93. The maximum absolute atomic E-state index is 12.1. The highest BCUT2D eigenvalue weighted by molar-refractivity contribution is 5.98. The first-order valence-electron chi connectivity index (χ1n) is 8.84. The minimum absolute atomic E-state index is 0.0735. The third-order valence-corrected chi connectivity index (χ3v) is 3.75. The van der Waals surface area contributed by atoms with Crippen molar-refractivity contribution in [3.05, 3.63) is 65.7 Å². The van der Waals surface area contributed by atoms with E-state index in [0.29, 0.717) is 17.7 Å². The van der Waals surface area contributed by atoms with Crippen molar-refractivity contribution in [3.8, 4) is 5.75 Å². The highest BCUT2D eigenvalue weighted by Crippen LogP contribution is 2.12. The van der Waals surface area contributed by atoms with Crippen molar-refractivity contribution in [3.63, 3.8) is 0 Å². The Morgan fingerprint density at radius 3 is 2.25 bits per heavy atom. The van der Waals surface area contributed by atoms with Crippen molar-refractivity contribution in [1.29, 1.82) is 0 Å². The van der Waals surface area contributed by atoms with Crippen molar-refractivity contribution in [2.75, 3.05) is 12.4 Å². The number of methoxy groups -OCH3 is 1. The Labute approximate surface area is 163 Å². The summed E-state index contributed by atoms with van der Waals surface area (Å²) in [6.07, 6.45) is 4.14. The van der Waals surface area contributed by atoms with E-state index < -0.39 is 11.8 Å². The van der Waals surface area contributed by atoms with Crippen LogP contribution in [0.2, 0.25) is 0 Å². The molecule has 0 aliphatic rings. The van der Waals surface area contributed by atoms with E-state index in [1.54, 1.807) is 49.6 Å². The monoisotopic (exact) mass is 381 g/mol. The summed E-state index contributed by atoms with van der Waals surface area (Å²) in [5, 5.41) is 2.74. The summed E-state index contributed by atoms with van der Waals surface area (Å²) >= 11 is 0. The molecule has 0 unspecified atom stereocenters. The van der Waals surface area contributed by atoms with Crippen molar-refractivity contribution in [2.45, 2.75) is 19.8 Å². The number of hydrogen-bond acceptors (Lipinski definition) is 4. The van der Waals surface area contributed by atoms with E-state index in [1.165, 1.54) is 6.08 Å². The molecule has 0 aromatic heterocycles. The van der Waals surface area contributed by atoms with E-state index in [9.17, 15) is 14.4 Å². The largest absolute Gasteiger partial charge is 0.497 e. The standard InChI is InChI=1S/C21H23N3O4/c1-3-4-19(25)22-17-10-8-16(9-11-17)21(27)24-23-20(26)14-7-15-5-12-18(28-2)13-6-15/h5-14H,3-4H2,1-2H3,(H,22,25)(H,23,26)(H,24,27)/b14-7+. The van der Waals surface area contributed by atoms with Gasteiger partial charge in [0, 0.05) is 23.7 Å². The van der Waals surface area contributed by atoms with E-state index >= 15 is 0 Å². The van der Waals surface area contributed by atoms with Crippen molar-refractivity contribution in [1.82, 2.24) is 10.9 Å². The lowest BCUT2D eigenvalue weighted by Crippen LogP contribution is -2.40. The van der Waals surface area contributed by atoms with Gasteiger partial charge in [-0.25, -0.2) is 0 Å². The van der Waals surface area contributed by atoms with Gasteiger partial charge in [0.2, 0.25) is 5.91 Å². The number of carbonyl (C=O) groups excluding carboxylic acids is 3. The molecular formula is C21H23N3O4. The Balaban J connectivity index is 1.82. The number of amides is 3. The molecule has 0 bridgehead atoms. The third kappa shape index (κ3) is 6.60. The predicted molar refractivity (Wildman–Crippen MR) is 108 cm³/mol. The average molecular weight is 381 g/mol. The third-order valence-electron chi connectivity index (χ3n) is 3.75. The van der Waals surface area contributed by atoms with E-state index in [1.807, 2.05) is 19.1 Å². The number of carbonyl (C=O) groups is 3. The molecule has 7 nitrogen and oxygen atoms in total. The summed E-state index contributed by atoms with van der Waals surface area (Å²) in [4.78, 5) is 35.5. The van der Waals surface area contributed by atoms with Crippen LogP contribution in [-0.2, 0) is 9.59 Å². The van der Waals surface area contributed by atoms with Crippen molar-refractivity contribution < 1.29 is 19.1 Å². The first-order chi connectivity index (χ1) is 13.5. The highest BCUT2D eigenvalue weighted by atomic mass is 16.5. The molecule has 2 aromatic rings. The SMILES string of the molecule is CCCC(=O)Nc1ccc(C(=O)NNC(=O)/C=C/c2ccc(OC)cc2)cc1. The zero-order valence-corrected chi connectivity index (χ0v) is 15.8. The van der Waals surface area contributed by atoms with Crippen LogP contribution in [0.5, 0.6) is 5.75 Å². The Hall–Kier alpha value is -3.61. The van der Waals surface area contributed by atoms with Crippen LogP contribution in [0.1, 0.15) is 35.7 Å². The molecule has 3 N–H and O–H groups in total. The first-order valence-corrected chi connectivity index (χ1v) is 8.84. The molecule has 0 radical (unpaired) electrons. The second kappa shape index (κ2) is 10.5. The van der Waals surface area contributed by atoms with Gasteiger partial charge in [-0.2, -0.15) is 0 Å². The summed E-state index contributed by atoms with van der Waals surface area (Å²) in [7, 11) is 1.58. The molecule has 0 aliphatic heterocycles. The number of ether oxygens (including phenoxy) is 1. The van der Waals surface area contributed by atoms with E-state index in [4.69, 9.17) is 4.74 Å². The molecule has 3 amide bonds. The Bertz CT molecular complexity index is 843. The smallest absolute Gasteiger partial charge is 0.269 e. The van der Waals surface area contributed by atoms with Crippen LogP contribution >= 0.6 is 0 Å². The van der Waals surface area contributed by atoms with Gasteiger partial charge >= 0.3 is 0 Å². The Morgan fingerprint density at radius 1 is 0.964 bits per heavy atom. The lowest BCUT2D eigenvalue weighted by molar-refractivity contribution is -0.117. The molecule has 0 atom stereocenters. The summed E-state index contributed by atoms with van der Waals surface area (Å²) in [6, 6.07) is 13.6. The molecule has 0 saturated carbocycles. The molecule has 0 heterocycles. The number of hydrazine groups is 1. The first kappa shape index (κ1) is 20.7. The van der Waals surface area contributed by atoms with Crippen LogP contribution in [0.25, 0.3) is 6.08 Å². The fraction of sp³-hybridized carbons (Fsp3) is 0.190. The summed E-state index contributed by atoms with van der Waals surface area (Å²) in [5.74, 6) is -0.273. The number of nitrogens with one attached hydrogen (secondary N) is 3. The highest BCUT2D eigenvalue weighted by Gasteiger charge is 2.07. The second-order valence-electron chi connectivity index (χ2n) is 5.93. The molecular weight excluding hydrogens is 358 g/mol. The average Bonchev–Trinajstić information content (AvgIpc) is 2.71. The molecule has 2 rings (SSSR count). The lowest BCUT2D eigenvalue weighted by Gasteiger charge is -2.07. The van der Waals surface area contributed by atoms with Gasteiger partial charge in [-0.15, -0.1) is 0 Å². The summed E-state index contributed by atoms with van der Waals surface area (Å²) in [5.41, 5.74) is 6.44. The normalized spacial score (nSPS) is 10.4. The summed E-state index contributed by atoms with van der Waals surface area (Å²) < 4.78 is 5.07. The van der Waals surface area contributed by atoms with Gasteiger partial charge in [-0.05, 0) is 54.5 Å². The van der Waals surface area contributed by atoms with Gasteiger partial charge in [0.1, 0.15) is 5.75 Å². The fourth-order valence-electron chi connectivity index (χ4n) is 2.27. The molecule has 0 saturated heterocycles. The minimum Gasteiger partial charge on any atom is -0.497 e. The molecule has 7 heteroatoms. The molecule has 0 aliphatic carbocycles. The molecule has 2 aromatic carbocycles. The topological polar surface area (TPSA) is 96.5 Å². The molecule has 0 spiro atoms. The van der Waals surface area contributed by atoms with Gasteiger partial charge in [-0.1, -0.05) is 19.1 Å².